The molecule has 0 radical (unpaired) electrons. The van der Waals surface area contributed by atoms with Crippen LogP contribution in [-0.2, 0) is 14.8 Å². The number of ether oxygens (including phenoxy) is 1. The van der Waals surface area contributed by atoms with E-state index in [1.807, 2.05) is 36.4 Å². The Hall–Kier alpha value is -3.59. The van der Waals surface area contributed by atoms with E-state index in [0.29, 0.717) is 12.2 Å². The molecule has 1 unspecified atom stereocenters. The highest BCUT2D eigenvalue weighted by molar-refractivity contribution is 7.92. The van der Waals surface area contributed by atoms with E-state index in [4.69, 9.17) is 4.74 Å². The number of amides is 2. The average molecular weight is 456 g/mol. The number of sulfonamides is 1. The summed E-state index contributed by atoms with van der Waals surface area (Å²) in [6.45, 7) is 3.33. The summed E-state index contributed by atoms with van der Waals surface area (Å²) in [6, 6.07) is 19.3. The third-order valence-corrected chi connectivity index (χ3v) is 6.07. The Kier molecular flexibility index (Phi) is 7.32. The van der Waals surface area contributed by atoms with Gasteiger partial charge in [0.1, 0.15) is 5.75 Å². The molecule has 3 aromatic carbocycles. The average Bonchev–Trinajstić information content (AvgIpc) is 2.76. The zero-order valence-corrected chi connectivity index (χ0v) is 18.6. The van der Waals surface area contributed by atoms with E-state index < -0.39 is 27.9 Å². The van der Waals surface area contributed by atoms with Gasteiger partial charge in [-0.05, 0) is 54.4 Å². The van der Waals surface area contributed by atoms with Crippen LogP contribution in [0.4, 0.5) is 5.69 Å². The molecule has 3 rings (SSSR count). The van der Waals surface area contributed by atoms with E-state index in [1.165, 1.54) is 12.1 Å². The van der Waals surface area contributed by atoms with Gasteiger partial charge in [0.25, 0.3) is 11.8 Å². The van der Waals surface area contributed by atoms with Crippen LogP contribution in [0.2, 0.25) is 0 Å². The molecule has 0 aliphatic heterocycles. The number of hydrazine groups is 1. The summed E-state index contributed by atoms with van der Waals surface area (Å²) in [5.41, 5.74) is 5.09. The zero-order valence-electron chi connectivity index (χ0n) is 17.8. The second-order valence-corrected chi connectivity index (χ2v) is 9.06. The molecule has 32 heavy (non-hydrogen) atoms. The first-order chi connectivity index (χ1) is 15.3. The van der Waals surface area contributed by atoms with Crippen molar-refractivity contribution in [3.8, 4) is 5.75 Å². The van der Waals surface area contributed by atoms with Crippen molar-refractivity contribution in [1.82, 2.24) is 10.9 Å². The van der Waals surface area contributed by atoms with Crippen molar-refractivity contribution in [3.05, 3.63) is 72.3 Å². The quantitative estimate of drug-likeness (QED) is 0.452. The van der Waals surface area contributed by atoms with Crippen LogP contribution in [0.15, 0.2) is 66.7 Å². The van der Waals surface area contributed by atoms with E-state index in [1.54, 1.807) is 32.0 Å². The molecule has 9 heteroatoms. The molecule has 0 saturated carbocycles. The second kappa shape index (κ2) is 10.1. The number of carbonyl (C=O) groups excluding carboxylic acids is 2. The van der Waals surface area contributed by atoms with E-state index in [-0.39, 0.29) is 17.0 Å². The van der Waals surface area contributed by atoms with Crippen LogP contribution in [-0.4, -0.2) is 32.1 Å². The highest BCUT2D eigenvalue weighted by Gasteiger charge is 2.17. The molecule has 0 spiro atoms. The van der Waals surface area contributed by atoms with Crippen molar-refractivity contribution in [1.29, 1.82) is 0 Å². The monoisotopic (exact) mass is 455 g/mol. The number of benzene rings is 3. The van der Waals surface area contributed by atoms with Gasteiger partial charge in [-0.15, -0.1) is 0 Å². The van der Waals surface area contributed by atoms with Crippen molar-refractivity contribution in [2.24, 2.45) is 0 Å². The molecule has 8 nitrogen and oxygen atoms in total. The summed E-state index contributed by atoms with van der Waals surface area (Å²) >= 11 is 0. The molecule has 0 fully saturated rings. The van der Waals surface area contributed by atoms with Gasteiger partial charge in [-0.1, -0.05) is 43.3 Å². The summed E-state index contributed by atoms with van der Waals surface area (Å²) in [5, 5.41) is 2.05. The first-order valence-corrected chi connectivity index (χ1v) is 11.8. The first kappa shape index (κ1) is 23.1. The third-order valence-electron chi connectivity index (χ3n) is 4.57. The highest BCUT2D eigenvalue weighted by atomic mass is 32.2. The molecule has 0 aliphatic rings. The topological polar surface area (TPSA) is 114 Å². The van der Waals surface area contributed by atoms with E-state index >= 15 is 0 Å². The number of fused-ring (bicyclic) bond motifs is 1. The Morgan fingerprint density at radius 1 is 0.938 bits per heavy atom. The van der Waals surface area contributed by atoms with Crippen molar-refractivity contribution in [2.75, 3.05) is 10.5 Å². The van der Waals surface area contributed by atoms with Gasteiger partial charge in [-0.2, -0.15) is 0 Å². The maximum absolute atomic E-state index is 12.4. The predicted molar refractivity (Wildman–Crippen MR) is 124 cm³/mol. The van der Waals surface area contributed by atoms with Crippen molar-refractivity contribution >= 4 is 38.3 Å². The van der Waals surface area contributed by atoms with Crippen LogP contribution in [0.3, 0.4) is 0 Å². The lowest BCUT2D eigenvalue weighted by Crippen LogP contribution is -2.47. The molecular formula is C23H25N3O5S. The third kappa shape index (κ3) is 6.21. The molecule has 168 valence electrons. The van der Waals surface area contributed by atoms with Crippen molar-refractivity contribution < 1.29 is 22.7 Å². The van der Waals surface area contributed by atoms with Crippen LogP contribution in [0, 0.1) is 0 Å². The zero-order chi connectivity index (χ0) is 23.1. The minimum atomic E-state index is -3.48. The number of hydrogen-bond acceptors (Lipinski definition) is 5. The summed E-state index contributed by atoms with van der Waals surface area (Å²) in [5.74, 6) is -0.613. The molecule has 0 aliphatic carbocycles. The van der Waals surface area contributed by atoms with Gasteiger partial charge >= 0.3 is 0 Å². The number of anilines is 1. The summed E-state index contributed by atoms with van der Waals surface area (Å²) in [7, 11) is -3.48. The molecule has 0 heterocycles. The Bertz CT molecular complexity index is 1230. The van der Waals surface area contributed by atoms with Gasteiger partial charge in [-0.25, -0.2) is 8.42 Å². The van der Waals surface area contributed by atoms with E-state index in [0.717, 1.165) is 10.8 Å². The molecule has 0 aromatic heterocycles. The van der Waals surface area contributed by atoms with Crippen molar-refractivity contribution in [2.45, 2.75) is 26.4 Å². The lowest BCUT2D eigenvalue weighted by atomic mass is 10.1. The smallest absolute Gasteiger partial charge is 0.279 e. The minimum Gasteiger partial charge on any atom is -0.481 e. The normalized spacial score (nSPS) is 12.1. The Labute approximate surface area is 187 Å². The van der Waals surface area contributed by atoms with Gasteiger partial charge in [0.05, 0.1) is 5.75 Å². The lowest BCUT2D eigenvalue weighted by molar-refractivity contribution is -0.128. The molecule has 1 atom stereocenters. The van der Waals surface area contributed by atoms with Gasteiger partial charge in [0, 0.05) is 11.3 Å². The fourth-order valence-electron chi connectivity index (χ4n) is 3.01. The van der Waals surface area contributed by atoms with Crippen LogP contribution in [0.5, 0.6) is 5.75 Å². The highest BCUT2D eigenvalue weighted by Crippen LogP contribution is 2.21. The maximum atomic E-state index is 12.4. The SMILES string of the molecule is CCCS(=O)(=O)Nc1cccc(C(=O)NNC(=O)C(C)Oc2ccc3ccccc3c2)c1. The van der Waals surface area contributed by atoms with Crippen LogP contribution < -0.4 is 20.3 Å². The predicted octanol–water partition coefficient (Wildman–Crippen LogP) is 3.22. The standard InChI is InChI=1S/C23H25N3O5S/c1-3-13-32(29,30)26-20-10-6-9-19(14-20)23(28)25-24-22(27)16(2)31-21-12-11-17-7-4-5-8-18(17)15-21/h4-12,14-16,26H,3,13H2,1-2H3,(H,24,27)(H,25,28). The summed E-state index contributed by atoms with van der Waals surface area (Å²) < 4.78 is 31.9. The number of carbonyl (C=O) groups is 2. The summed E-state index contributed by atoms with van der Waals surface area (Å²) in [4.78, 5) is 24.7. The molecule has 2 amide bonds. The second-order valence-electron chi connectivity index (χ2n) is 7.21. The largest absolute Gasteiger partial charge is 0.481 e. The van der Waals surface area contributed by atoms with Gasteiger partial charge in [0.2, 0.25) is 10.0 Å². The number of rotatable bonds is 8. The Balaban J connectivity index is 1.56. The fraction of sp³-hybridized carbons (Fsp3) is 0.217. The van der Waals surface area contributed by atoms with Gasteiger partial charge < -0.3 is 4.74 Å². The number of nitrogens with one attached hydrogen (secondary N) is 3. The van der Waals surface area contributed by atoms with Gasteiger partial charge in [0.15, 0.2) is 6.10 Å². The molecule has 3 aromatic rings. The molecule has 3 N–H and O–H groups in total. The summed E-state index contributed by atoms with van der Waals surface area (Å²) in [6.07, 6.45) is -0.385. The molecule has 0 bridgehead atoms. The van der Waals surface area contributed by atoms with Crippen LogP contribution in [0.25, 0.3) is 10.8 Å². The number of hydrogen-bond donors (Lipinski definition) is 3. The van der Waals surface area contributed by atoms with Crippen molar-refractivity contribution in [3.63, 3.8) is 0 Å². The Morgan fingerprint density at radius 2 is 1.69 bits per heavy atom. The van der Waals surface area contributed by atoms with E-state index in [2.05, 4.69) is 15.6 Å². The molecular weight excluding hydrogens is 430 g/mol. The lowest BCUT2D eigenvalue weighted by Gasteiger charge is -2.16. The molecule has 0 saturated heterocycles. The van der Waals surface area contributed by atoms with Gasteiger partial charge in [-0.3, -0.25) is 25.2 Å². The Morgan fingerprint density at radius 3 is 2.44 bits per heavy atom. The van der Waals surface area contributed by atoms with E-state index in [9.17, 15) is 18.0 Å². The van der Waals surface area contributed by atoms with Crippen LogP contribution >= 0.6 is 0 Å². The van der Waals surface area contributed by atoms with Crippen LogP contribution in [0.1, 0.15) is 30.6 Å². The first-order valence-electron chi connectivity index (χ1n) is 10.1. The minimum absolute atomic E-state index is 0.0193. The fourth-order valence-corrected chi connectivity index (χ4v) is 4.14. The maximum Gasteiger partial charge on any atom is 0.279 e.